The largest absolute Gasteiger partial charge is 0.371 e. The molecule has 156 valence electrons. The number of anilines is 2. The van der Waals surface area contributed by atoms with Crippen LogP contribution in [0.1, 0.15) is 44.0 Å². The van der Waals surface area contributed by atoms with Crippen molar-refractivity contribution in [3.63, 3.8) is 0 Å². The van der Waals surface area contributed by atoms with Crippen LogP contribution in [0.2, 0.25) is 0 Å². The van der Waals surface area contributed by atoms with Crippen LogP contribution < -0.4 is 14.9 Å². The third-order valence-corrected chi connectivity index (χ3v) is 6.49. The highest BCUT2D eigenvalue weighted by atomic mass is 32.2. The first-order chi connectivity index (χ1) is 13.8. The zero-order chi connectivity index (χ0) is 21.0. The van der Waals surface area contributed by atoms with Gasteiger partial charge in [0.05, 0.1) is 10.5 Å². The average Bonchev–Trinajstić information content (AvgIpc) is 2.68. The van der Waals surface area contributed by atoms with Crippen molar-refractivity contribution < 1.29 is 13.2 Å². The minimum atomic E-state index is -3.72. The van der Waals surface area contributed by atoms with E-state index >= 15 is 0 Å². The summed E-state index contributed by atoms with van der Waals surface area (Å²) in [6, 6.07) is 13.4. The monoisotopic (exact) mass is 415 g/mol. The summed E-state index contributed by atoms with van der Waals surface area (Å²) in [6.45, 7) is 7.83. The summed E-state index contributed by atoms with van der Waals surface area (Å²) < 4.78 is 27.9. The van der Waals surface area contributed by atoms with Gasteiger partial charge in [-0.3, -0.25) is 9.52 Å². The van der Waals surface area contributed by atoms with Gasteiger partial charge in [-0.05, 0) is 62.9 Å². The summed E-state index contributed by atoms with van der Waals surface area (Å²) in [6.07, 6.45) is 2.15. The first-order valence-corrected chi connectivity index (χ1v) is 11.5. The normalized spacial score (nSPS) is 15.4. The van der Waals surface area contributed by atoms with Gasteiger partial charge >= 0.3 is 0 Å². The van der Waals surface area contributed by atoms with E-state index in [-0.39, 0.29) is 16.8 Å². The molecule has 1 amide bonds. The molecule has 0 aliphatic carbocycles. The third-order valence-electron chi connectivity index (χ3n) is 5.09. The van der Waals surface area contributed by atoms with Gasteiger partial charge in [-0.1, -0.05) is 25.1 Å². The van der Waals surface area contributed by atoms with Gasteiger partial charge in [0, 0.05) is 30.5 Å². The number of hydrogen-bond acceptors (Lipinski definition) is 4. The fourth-order valence-electron chi connectivity index (χ4n) is 3.46. The molecule has 0 unspecified atom stereocenters. The number of benzene rings is 2. The first-order valence-electron chi connectivity index (χ1n) is 10.0. The van der Waals surface area contributed by atoms with Crippen LogP contribution in [0.15, 0.2) is 53.4 Å². The molecule has 0 radical (unpaired) electrons. The molecular formula is C22H29N3O3S. The predicted molar refractivity (Wildman–Crippen MR) is 117 cm³/mol. The number of sulfonamides is 1. The Morgan fingerprint density at radius 2 is 1.72 bits per heavy atom. The number of nitrogens with zero attached hydrogens (tertiary/aromatic N) is 1. The molecule has 0 saturated carbocycles. The van der Waals surface area contributed by atoms with Crippen molar-refractivity contribution in [3.8, 4) is 0 Å². The van der Waals surface area contributed by atoms with Crippen LogP contribution in [0.4, 0.5) is 11.4 Å². The summed E-state index contributed by atoms with van der Waals surface area (Å²) in [5.74, 6) is 0.477. The van der Waals surface area contributed by atoms with E-state index in [9.17, 15) is 13.2 Å². The summed E-state index contributed by atoms with van der Waals surface area (Å²) in [5.41, 5.74) is 1.70. The molecule has 1 aliphatic heterocycles. The number of rotatable bonds is 6. The van der Waals surface area contributed by atoms with Gasteiger partial charge in [-0.2, -0.15) is 0 Å². The number of carbonyl (C=O) groups is 1. The summed E-state index contributed by atoms with van der Waals surface area (Å²) in [4.78, 5) is 15.3. The van der Waals surface area contributed by atoms with E-state index in [1.165, 1.54) is 12.1 Å². The molecule has 6 nitrogen and oxygen atoms in total. The molecule has 1 heterocycles. The van der Waals surface area contributed by atoms with Crippen LogP contribution in [-0.4, -0.2) is 33.5 Å². The maximum Gasteiger partial charge on any atom is 0.261 e. The Labute approximate surface area is 173 Å². The molecule has 7 heteroatoms. The van der Waals surface area contributed by atoms with E-state index in [4.69, 9.17) is 0 Å². The Bertz CT molecular complexity index is 951. The molecule has 0 bridgehead atoms. The molecule has 1 saturated heterocycles. The smallest absolute Gasteiger partial charge is 0.261 e. The van der Waals surface area contributed by atoms with E-state index < -0.39 is 10.0 Å². The van der Waals surface area contributed by atoms with E-state index in [0.717, 1.165) is 31.6 Å². The zero-order valence-corrected chi connectivity index (χ0v) is 18.0. The molecule has 2 aromatic carbocycles. The van der Waals surface area contributed by atoms with Crippen molar-refractivity contribution in [2.24, 2.45) is 5.92 Å². The van der Waals surface area contributed by atoms with Crippen molar-refractivity contribution in [3.05, 3.63) is 54.1 Å². The van der Waals surface area contributed by atoms with Crippen LogP contribution in [0.3, 0.4) is 0 Å². The van der Waals surface area contributed by atoms with Crippen LogP contribution in [0, 0.1) is 5.92 Å². The van der Waals surface area contributed by atoms with Crippen molar-refractivity contribution in [2.45, 2.75) is 44.6 Å². The molecule has 1 fully saturated rings. The maximum atomic E-state index is 12.9. The van der Waals surface area contributed by atoms with Gasteiger partial charge < -0.3 is 10.2 Å². The molecule has 2 aromatic rings. The summed E-state index contributed by atoms with van der Waals surface area (Å²) in [5, 5.41) is 2.93. The number of hydrogen-bond donors (Lipinski definition) is 2. The Kier molecular flexibility index (Phi) is 6.47. The topological polar surface area (TPSA) is 78.5 Å². The highest BCUT2D eigenvalue weighted by Crippen LogP contribution is 2.29. The molecule has 0 atom stereocenters. The lowest BCUT2D eigenvalue weighted by atomic mass is 9.98. The minimum absolute atomic E-state index is 0.0126. The second kappa shape index (κ2) is 8.86. The van der Waals surface area contributed by atoms with E-state index in [1.54, 1.807) is 30.3 Å². The lowest BCUT2D eigenvalue weighted by Crippen LogP contribution is -2.36. The molecule has 1 aliphatic rings. The van der Waals surface area contributed by atoms with Gasteiger partial charge in [-0.15, -0.1) is 0 Å². The Balaban J connectivity index is 1.92. The molecule has 2 N–H and O–H groups in total. The van der Waals surface area contributed by atoms with Gasteiger partial charge in [-0.25, -0.2) is 8.42 Å². The molecule has 0 aromatic heterocycles. The third kappa shape index (κ3) is 5.29. The van der Waals surface area contributed by atoms with Crippen molar-refractivity contribution in [2.75, 3.05) is 22.7 Å². The Morgan fingerprint density at radius 1 is 1.07 bits per heavy atom. The van der Waals surface area contributed by atoms with Crippen LogP contribution in [0.25, 0.3) is 0 Å². The Hall–Kier alpha value is -2.54. The number of piperidine rings is 1. The van der Waals surface area contributed by atoms with Gasteiger partial charge in [0.15, 0.2) is 0 Å². The second-order valence-electron chi connectivity index (χ2n) is 7.95. The van der Waals surface area contributed by atoms with Crippen LogP contribution in [-0.2, 0) is 10.0 Å². The van der Waals surface area contributed by atoms with Gasteiger partial charge in [0.1, 0.15) is 0 Å². The maximum absolute atomic E-state index is 12.9. The SMILES string of the molecule is CC1CCN(c2ccc(NS(=O)(=O)c3ccccc3)cc2C(=O)NC(C)C)CC1. The van der Waals surface area contributed by atoms with Crippen molar-refractivity contribution in [1.29, 1.82) is 0 Å². The first kappa shape index (κ1) is 21.2. The van der Waals surface area contributed by atoms with E-state index in [1.807, 2.05) is 19.9 Å². The number of nitrogens with one attached hydrogen (secondary N) is 2. The predicted octanol–water partition coefficient (Wildman–Crippen LogP) is 3.86. The highest BCUT2D eigenvalue weighted by Gasteiger charge is 2.23. The van der Waals surface area contributed by atoms with Crippen molar-refractivity contribution in [1.82, 2.24) is 5.32 Å². The fraction of sp³-hybridized carbons (Fsp3) is 0.409. The zero-order valence-electron chi connectivity index (χ0n) is 17.2. The standard InChI is InChI=1S/C22H29N3O3S/c1-16(2)23-22(26)20-15-18(24-29(27,28)19-7-5-4-6-8-19)9-10-21(20)25-13-11-17(3)12-14-25/h4-10,15-17,24H,11-14H2,1-3H3,(H,23,26). The molecule has 3 rings (SSSR count). The summed E-state index contributed by atoms with van der Waals surface area (Å²) >= 11 is 0. The van der Waals surface area contributed by atoms with Crippen LogP contribution >= 0.6 is 0 Å². The highest BCUT2D eigenvalue weighted by molar-refractivity contribution is 7.92. The molecule has 0 spiro atoms. The van der Waals surface area contributed by atoms with Crippen molar-refractivity contribution >= 4 is 27.3 Å². The Morgan fingerprint density at radius 3 is 2.34 bits per heavy atom. The second-order valence-corrected chi connectivity index (χ2v) is 9.63. The lowest BCUT2D eigenvalue weighted by molar-refractivity contribution is 0.0943. The van der Waals surface area contributed by atoms with Crippen LogP contribution in [0.5, 0.6) is 0 Å². The van der Waals surface area contributed by atoms with E-state index in [0.29, 0.717) is 17.2 Å². The minimum Gasteiger partial charge on any atom is -0.371 e. The fourth-order valence-corrected chi connectivity index (χ4v) is 4.53. The quantitative estimate of drug-likeness (QED) is 0.751. The van der Waals surface area contributed by atoms with Gasteiger partial charge in [0.25, 0.3) is 15.9 Å². The molecular weight excluding hydrogens is 386 g/mol. The van der Waals surface area contributed by atoms with E-state index in [2.05, 4.69) is 21.9 Å². The summed E-state index contributed by atoms with van der Waals surface area (Å²) in [7, 11) is -3.72. The average molecular weight is 416 g/mol. The lowest BCUT2D eigenvalue weighted by Gasteiger charge is -2.33. The number of carbonyl (C=O) groups excluding carboxylic acids is 1. The molecule has 29 heavy (non-hydrogen) atoms. The number of amides is 1. The van der Waals surface area contributed by atoms with Gasteiger partial charge in [0.2, 0.25) is 0 Å².